The molecule has 2 aliphatic carbocycles. The fourth-order valence-electron chi connectivity index (χ4n) is 9.24. The molecule has 0 atom stereocenters. The average Bonchev–Trinajstić information content (AvgIpc) is 3.90. The first-order valence-electron chi connectivity index (χ1n) is 18.4. The van der Waals surface area contributed by atoms with Crippen LogP contribution in [0, 0.1) is 0 Å². The molecule has 0 amide bonds. The van der Waals surface area contributed by atoms with Gasteiger partial charge in [-0.15, -0.1) is 0 Å². The van der Waals surface area contributed by atoms with Gasteiger partial charge in [0.15, 0.2) is 11.2 Å². The fraction of sp³-hybridized carbons (Fsp3) is 0.122. The molecule has 0 bridgehead atoms. The SMILES string of the molecule is CC1(C)c2ccccc2-c2cc(N(c3ccc4c(c3)-c3ccccc3C4(C)C)c3c4nc(-c5ccccc5)oc4cc4c3oc3ccccc34)ccc21. The number of hydrogen-bond acceptors (Lipinski definition) is 4. The number of anilines is 3. The molecule has 2 aromatic heterocycles. The van der Waals surface area contributed by atoms with E-state index in [0.717, 1.165) is 50.1 Å². The van der Waals surface area contributed by atoms with Crippen LogP contribution in [0.2, 0.25) is 0 Å². The largest absolute Gasteiger partial charge is 0.454 e. The third-order valence-electron chi connectivity index (χ3n) is 11.9. The summed E-state index contributed by atoms with van der Waals surface area (Å²) in [5.74, 6) is 0.577. The van der Waals surface area contributed by atoms with Gasteiger partial charge in [-0.2, -0.15) is 0 Å². The van der Waals surface area contributed by atoms with Gasteiger partial charge in [-0.3, -0.25) is 0 Å². The Morgan fingerprint density at radius 1 is 0.472 bits per heavy atom. The summed E-state index contributed by atoms with van der Waals surface area (Å²) in [7, 11) is 0. The van der Waals surface area contributed by atoms with Crippen LogP contribution in [-0.4, -0.2) is 4.98 Å². The smallest absolute Gasteiger partial charge is 0.227 e. The van der Waals surface area contributed by atoms with E-state index >= 15 is 0 Å². The Morgan fingerprint density at radius 3 is 1.66 bits per heavy atom. The summed E-state index contributed by atoms with van der Waals surface area (Å²) >= 11 is 0. The van der Waals surface area contributed by atoms with Crippen LogP contribution in [0.4, 0.5) is 17.1 Å². The van der Waals surface area contributed by atoms with Gasteiger partial charge < -0.3 is 13.7 Å². The van der Waals surface area contributed by atoms with Crippen LogP contribution in [-0.2, 0) is 10.8 Å². The van der Waals surface area contributed by atoms with Crippen LogP contribution in [0.1, 0.15) is 49.9 Å². The monoisotopic (exact) mass is 684 g/mol. The lowest BCUT2D eigenvalue weighted by atomic mass is 9.82. The molecule has 7 aromatic carbocycles. The first-order chi connectivity index (χ1) is 25.8. The Labute approximate surface area is 308 Å². The molecule has 9 aromatic rings. The zero-order chi connectivity index (χ0) is 35.6. The number of furan rings is 1. The molecule has 0 saturated carbocycles. The highest BCUT2D eigenvalue weighted by Gasteiger charge is 2.38. The molecule has 0 N–H and O–H groups in total. The van der Waals surface area contributed by atoms with Crippen LogP contribution in [0.3, 0.4) is 0 Å². The molecule has 4 nitrogen and oxygen atoms in total. The summed E-state index contributed by atoms with van der Waals surface area (Å²) in [5.41, 5.74) is 17.1. The Bertz CT molecular complexity index is 2860. The summed E-state index contributed by atoms with van der Waals surface area (Å²) in [6, 6.07) is 52.0. The van der Waals surface area contributed by atoms with E-state index < -0.39 is 0 Å². The normalized spacial score (nSPS) is 14.7. The van der Waals surface area contributed by atoms with Crippen molar-refractivity contribution in [2.75, 3.05) is 4.90 Å². The molecule has 0 unspecified atom stereocenters. The predicted molar refractivity (Wildman–Crippen MR) is 217 cm³/mol. The second-order valence-electron chi connectivity index (χ2n) is 15.6. The predicted octanol–water partition coefficient (Wildman–Crippen LogP) is 13.5. The average molecular weight is 685 g/mol. The lowest BCUT2D eigenvalue weighted by Crippen LogP contribution is -2.16. The van der Waals surface area contributed by atoms with E-state index in [0.29, 0.717) is 11.5 Å². The maximum absolute atomic E-state index is 6.87. The summed E-state index contributed by atoms with van der Waals surface area (Å²) in [4.78, 5) is 7.62. The second-order valence-corrected chi connectivity index (χ2v) is 15.6. The number of oxazole rings is 1. The molecule has 0 spiro atoms. The van der Waals surface area contributed by atoms with Gasteiger partial charge in [0.2, 0.25) is 5.89 Å². The molecule has 11 rings (SSSR count). The standard InChI is InChI=1S/C49H36N2O2/c1-48(2)38-19-11-8-16-32(38)35-26-30(22-24-40(35)48)51(31-23-25-41-36(27-31)33-17-9-12-20-39(33)49(41,3)4)45-44-43(53-47(50-44)29-14-6-5-7-15-29)28-37-34-18-10-13-21-42(34)52-46(37)45/h5-28H,1-4H3. The van der Waals surface area contributed by atoms with Crippen molar-refractivity contribution in [3.63, 3.8) is 0 Å². The third kappa shape index (κ3) is 4.15. The quantitative estimate of drug-likeness (QED) is 0.185. The van der Waals surface area contributed by atoms with Crippen molar-refractivity contribution in [3.8, 4) is 33.7 Å². The van der Waals surface area contributed by atoms with Gasteiger partial charge in [-0.1, -0.05) is 125 Å². The minimum Gasteiger partial charge on any atom is -0.454 e. The molecule has 0 fully saturated rings. The number of hydrogen-bond donors (Lipinski definition) is 0. The Hall–Kier alpha value is -6.39. The van der Waals surface area contributed by atoms with Gasteiger partial charge in [0.25, 0.3) is 0 Å². The van der Waals surface area contributed by atoms with Crippen LogP contribution in [0.5, 0.6) is 0 Å². The number of para-hydroxylation sites is 1. The molecule has 2 heterocycles. The summed E-state index contributed by atoms with van der Waals surface area (Å²) < 4.78 is 13.5. The molecule has 254 valence electrons. The van der Waals surface area contributed by atoms with E-state index in [-0.39, 0.29) is 10.8 Å². The van der Waals surface area contributed by atoms with Crippen LogP contribution >= 0.6 is 0 Å². The minimum absolute atomic E-state index is 0.110. The van der Waals surface area contributed by atoms with Crippen molar-refractivity contribution in [2.45, 2.75) is 38.5 Å². The first kappa shape index (κ1) is 30.3. The second kappa shape index (κ2) is 10.6. The van der Waals surface area contributed by atoms with Crippen molar-refractivity contribution < 1.29 is 8.83 Å². The molecule has 0 radical (unpaired) electrons. The van der Waals surface area contributed by atoms with Gasteiger partial charge in [-0.05, 0) is 93.0 Å². The number of benzene rings is 7. The lowest BCUT2D eigenvalue weighted by Gasteiger charge is -2.28. The molecule has 53 heavy (non-hydrogen) atoms. The number of rotatable bonds is 4. The zero-order valence-corrected chi connectivity index (χ0v) is 30.1. The van der Waals surface area contributed by atoms with E-state index in [2.05, 4.69) is 136 Å². The Balaban J connectivity index is 1.25. The molecule has 2 aliphatic rings. The van der Waals surface area contributed by atoms with E-state index in [9.17, 15) is 0 Å². The van der Waals surface area contributed by atoms with Crippen LogP contribution in [0.25, 0.3) is 66.7 Å². The number of aromatic nitrogens is 1. The van der Waals surface area contributed by atoms with Crippen LogP contribution in [0.15, 0.2) is 154 Å². The van der Waals surface area contributed by atoms with Gasteiger partial charge in [-0.25, -0.2) is 4.98 Å². The van der Waals surface area contributed by atoms with Crippen molar-refractivity contribution in [3.05, 3.63) is 168 Å². The van der Waals surface area contributed by atoms with E-state index in [1.54, 1.807) is 0 Å². The lowest BCUT2D eigenvalue weighted by molar-refractivity contribution is 0.620. The highest BCUT2D eigenvalue weighted by molar-refractivity contribution is 6.18. The number of fused-ring (bicyclic) bond motifs is 10. The van der Waals surface area contributed by atoms with E-state index in [1.165, 1.54) is 44.5 Å². The van der Waals surface area contributed by atoms with Gasteiger partial charge in [0.1, 0.15) is 16.8 Å². The molecule has 4 heteroatoms. The molecular weight excluding hydrogens is 649 g/mol. The van der Waals surface area contributed by atoms with Crippen molar-refractivity contribution in [1.29, 1.82) is 0 Å². The molecule has 0 saturated heterocycles. The summed E-state index contributed by atoms with van der Waals surface area (Å²) in [5, 5.41) is 2.03. The third-order valence-corrected chi connectivity index (χ3v) is 11.9. The van der Waals surface area contributed by atoms with Crippen molar-refractivity contribution >= 4 is 50.1 Å². The highest BCUT2D eigenvalue weighted by Crippen LogP contribution is 2.54. The van der Waals surface area contributed by atoms with Gasteiger partial charge in [0, 0.05) is 38.5 Å². The minimum atomic E-state index is -0.110. The van der Waals surface area contributed by atoms with Crippen molar-refractivity contribution in [1.82, 2.24) is 4.98 Å². The zero-order valence-electron chi connectivity index (χ0n) is 30.1. The van der Waals surface area contributed by atoms with Crippen LogP contribution < -0.4 is 4.90 Å². The van der Waals surface area contributed by atoms with E-state index in [1.807, 2.05) is 42.5 Å². The Kier molecular flexibility index (Phi) is 6.04. The van der Waals surface area contributed by atoms with Crippen molar-refractivity contribution in [2.24, 2.45) is 0 Å². The fourth-order valence-corrected chi connectivity index (χ4v) is 9.24. The van der Waals surface area contributed by atoms with E-state index in [4.69, 9.17) is 13.8 Å². The number of nitrogens with zero attached hydrogens (tertiary/aromatic N) is 2. The molecule has 0 aliphatic heterocycles. The maximum Gasteiger partial charge on any atom is 0.227 e. The summed E-state index contributed by atoms with van der Waals surface area (Å²) in [6.07, 6.45) is 0. The maximum atomic E-state index is 6.87. The topological polar surface area (TPSA) is 42.4 Å². The Morgan fingerprint density at radius 2 is 1.02 bits per heavy atom. The van der Waals surface area contributed by atoms with Gasteiger partial charge >= 0.3 is 0 Å². The highest BCUT2D eigenvalue weighted by atomic mass is 16.4. The molecular formula is C49H36N2O2. The first-order valence-corrected chi connectivity index (χ1v) is 18.4. The summed E-state index contributed by atoms with van der Waals surface area (Å²) in [6.45, 7) is 9.31. The van der Waals surface area contributed by atoms with Gasteiger partial charge in [0.05, 0.1) is 0 Å².